The minimum absolute atomic E-state index is 0.222. The van der Waals surface area contributed by atoms with E-state index < -0.39 is 5.60 Å². The Labute approximate surface area is 116 Å². The van der Waals surface area contributed by atoms with Crippen LogP contribution in [0.25, 0.3) is 0 Å². The summed E-state index contributed by atoms with van der Waals surface area (Å²) in [5.41, 5.74) is 0.697. The van der Waals surface area contributed by atoms with E-state index in [-0.39, 0.29) is 11.9 Å². The van der Waals surface area contributed by atoms with Gasteiger partial charge in [0.1, 0.15) is 5.60 Å². The van der Waals surface area contributed by atoms with Crippen LogP contribution >= 0.6 is 0 Å². The van der Waals surface area contributed by atoms with Crippen molar-refractivity contribution < 1.29 is 19.1 Å². The van der Waals surface area contributed by atoms with Crippen LogP contribution in [0.15, 0.2) is 23.8 Å². The number of carbonyl (C=O) groups excluding carboxylic acids is 2. The molecular weight excluding hydrogens is 244 g/mol. The molecule has 4 heteroatoms. The van der Waals surface area contributed by atoms with Crippen molar-refractivity contribution >= 4 is 11.9 Å². The second kappa shape index (κ2) is 9.36. The predicted molar refractivity (Wildman–Crippen MR) is 76.7 cm³/mol. The molecule has 19 heavy (non-hydrogen) atoms. The number of hydrogen-bond donors (Lipinski definition) is 0. The average molecular weight is 270 g/mol. The molecule has 0 heterocycles. The molecule has 0 rings (SSSR count). The van der Waals surface area contributed by atoms with Gasteiger partial charge in [0.2, 0.25) is 0 Å². The van der Waals surface area contributed by atoms with Crippen LogP contribution in [-0.4, -0.2) is 24.1 Å². The summed E-state index contributed by atoms with van der Waals surface area (Å²) < 4.78 is 9.65. The molecule has 0 amide bonds. The van der Waals surface area contributed by atoms with Crippen molar-refractivity contribution in [2.24, 2.45) is 0 Å². The lowest BCUT2D eigenvalue weighted by atomic mass is 10.2. The van der Waals surface area contributed by atoms with Gasteiger partial charge in [-0.2, -0.15) is 0 Å². The van der Waals surface area contributed by atoms with E-state index in [0.717, 1.165) is 0 Å². The van der Waals surface area contributed by atoms with E-state index in [1.54, 1.807) is 26.8 Å². The summed E-state index contributed by atoms with van der Waals surface area (Å²) >= 11 is 0. The van der Waals surface area contributed by atoms with Crippen molar-refractivity contribution in [3.8, 4) is 0 Å². The van der Waals surface area contributed by atoms with Crippen LogP contribution in [0.2, 0.25) is 0 Å². The molecule has 0 spiro atoms. The van der Waals surface area contributed by atoms with Gasteiger partial charge in [-0.25, -0.2) is 9.59 Å². The summed E-state index contributed by atoms with van der Waals surface area (Å²) in [6.45, 7) is 16.4. The third-order valence-electron chi connectivity index (χ3n) is 1.78. The minimum Gasteiger partial charge on any atom is -0.463 e. The molecule has 0 aliphatic carbocycles. The standard InChI is InChI=1S/C8H14O2.C7H12O2/c1-6(2)7(9)10-8(3,4)5;1-4-6(3)7(8)9-5-2/h1H2,2-5H3;4H,5H2,1-3H3/b;6-4+. The highest BCUT2D eigenvalue weighted by molar-refractivity contribution is 5.87. The molecule has 0 aromatic heterocycles. The number of ether oxygens (including phenoxy) is 2. The van der Waals surface area contributed by atoms with Crippen molar-refractivity contribution in [3.63, 3.8) is 0 Å². The molecule has 0 radical (unpaired) electrons. The largest absolute Gasteiger partial charge is 0.463 e. The maximum absolute atomic E-state index is 10.8. The molecule has 0 aromatic rings. The van der Waals surface area contributed by atoms with E-state index in [4.69, 9.17) is 4.74 Å². The van der Waals surface area contributed by atoms with E-state index in [0.29, 0.717) is 17.8 Å². The molecule has 4 nitrogen and oxygen atoms in total. The Balaban J connectivity index is 0. The van der Waals surface area contributed by atoms with Gasteiger partial charge in [0.25, 0.3) is 0 Å². The highest BCUT2D eigenvalue weighted by Gasteiger charge is 2.15. The maximum Gasteiger partial charge on any atom is 0.333 e. The Morgan fingerprint density at radius 1 is 1.16 bits per heavy atom. The van der Waals surface area contributed by atoms with Crippen molar-refractivity contribution in [1.82, 2.24) is 0 Å². The summed E-state index contributed by atoms with van der Waals surface area (Å²) in [5.74, 6) is -0.549. The summed E-state index contributed by atoms with van der Waals surface area (Å²) in [5, 5.41) is 0. The zero-order chi connectivity index (χ0) is 15.6. The average Bonchev–Trinajstić information content (AvgIpc) is 2.26. The lowest BCUT2D eigenvalue weighted by Gasteiger charge is -2.19. The molecule has 0 fully saturated rings. The molecule has 0 aliphatic rings. The Hall–Kier alpha value is -1.58. The highest BCUT2D eigenvalue weighted by atomic mass is 16.6. The smallest absolute Gasteiger partial charge is 0.333 e. The first-order valence-electron chi connectivity index (χ1n) is 6.24. The second-order valence-corrected chi connectivity index (χ2v) is 4.97. The van der Waals surface area contributed by atoms with Crippen LogP contribution in [0.1, 0.15) is 48.5 Å². The van der Waals surface area contributed by atoms with Gasteiger partial charge >= 0.3 is 11.9 Å². The topological polar surface area (TPSA) is 52.6 Å². The maximum atomic E-state index is 10.8. The number of carbonyl (C=O) groups is 2. The van der Waals surface area contributed by atoms with E-state index >= 15 is 0 Å². The third-order valence-corrected chi connectivity index (χ3v) is 1.78. The Morgan fingerprint density at radius 2 is 1.63 bits per heavy atom. The van der Waals surface area contributed by atoms with Crippen molar-refractivity contribution in [2.75, 3.05) is 6.61 Å². The van der Waals surface area contributed by atoms with Gasteiger partial charge in [-0.05, 0) is 48.5 Å². The van der Waals surface area contributed by atoms with E-state index in [1.165, 1.54) is 0 Å². The fourth-order valence-corrected chi connectivity index (χ4v) is 0.728. The monoisotopic (exact) mass is 270 g/mol. The molecule has 0 atom stereocenters. The molecule has 110 valence electrons. The van der Waals surface area contributed by atoms with Crippen molar-refractivity contribution in [3.05, 3.63) is 23.8 Å². The first-order valence-corrected chi connectivity index (χ1v) is 6.24. The quantitative estimate of drug-likeness (QED) is 0.582. The van der Waals surface area contributed by atoms with Crippen LogP contribution in [0.4, 0.5) is 0 Å². The Morgan fingerprint density at radius 3 is 1.84 bits per heavy atom. The van der Waals surface area contributed by atoms with Crippen LogP contribution in [0.5, 0.6) is 0 Å². The van der Waals surface area contributed by atoms with Gasteiger partial charge in [-0.1, -0.05) is 12.7 Å². The van der Waals surface area contributed by atoms with Gasteiger partial charge in [0.15, 0.2) is 0 Å². The zero-order valence-corrected chi connectivity index (χ0v) is 13.1. The number of esters is 2. The van der Waals surface area contributed by atoms with Gasteiger partial charge in [0, 0.05) is 11.1 Å². The SMILES string of the molecule is C/C=C(\C)C(=O)OCC.C=C(C)C(=O)OC(C)(C)C. The highest BCUT2D eigenvalue weighted by Crippen LogP contribution is 2.09. The van der Waals surface area contributed by atoms with Gasteiger partial charge in [-0.3, -0.25) is 0 Å². The Kier molecular flexibility index (Phi) is 9.73. The number of allylic oxidation sites excluding steroid dienone is 1. The summed E-state index contributed by atoms with van der Waals surface area (Å²) in [7, 11) is 0. The second-order valence-electron chi connectivity index (χ2n) is 4.97. The fraction of sp³-hybridized carbons (Fsp3) is 0.600. The fourth-order valence-electron chi connectivity index (χ4n) is 0.728. The third kappa shape index (κ3) is 12.7. The van der Waals surface area contributed by atoms with Crippen molar-refractivity contribution in [1.29, 1.82) is 0 Å². The van der Waals surface area contributed by atoms with Gasteiger partial charge in [-0.15, -0.1) is 0 Å². The molecule has 0 aromatic carbocycles. The molecule has 0 aliphatic heterocycles. The van der Waals surface area contributed by atoms with Gasteiger partial charge in [0.05, 0.1) is 6.61 Å². The molecule has 0 bridgehead atoms. The summed E-state index contributed by atoms with van der Waals surface area (Å²) in [6, 6.07) is 0. The predicted octanol–water partition coefficient (Wildman–Crippen LogP) is 3.42. The molecule has 0 saturated heterocycles. The first-order chi connectivity index (χ1) is 8.55. The number of hydrogen-bond acceptors (Lipinski definition) is 4. The van der Waals surface area contributed by atoms with Crippen molar-refractivity contribution in [2.45, 2.75) is 54.1 Å². The van der Waals surface area contributed by atoms with Crippen LogP contribution in [0, 0.1) is 0 Å². The van der Waals surface area contributed by atoms with E-state index in [9.17, 15) is 9.59 Å². The van der Waals surface area contributed by atoms with Crippen LogP contribution < -0.4 is 0 Å². The molecule has 0 unspecified atom stereocenters. The van der Waals surface area contributed by atoms with Crippen LogP contribution in [-0.2, 0) is 19.1 Å². The molecule has 0 N–H and O–H groups in total. The lowest BCUT2D eigenvalue weighted by molar-refractivity contribution is -0.149. The summed E-state index contributed by atoms with van der Waals surface area (Å²) in [4.78, 5) is 21.5. The van der Waals surface area contributed by atoms with Crippen LogP contribution in [0.3, 0.4) is 0 Å². The Bertz CT molecular complexity index is 346. The van der Waals surface area contributed by atoms with E-state index in [1.807, 2.05) is 27.7 Å². The molecular formula is C15H26O4. The first kappa shape index (κ1) is 19.8. The van der Waals surface area contributed by atoms with Gasteiger partial charge < -0.3 is 9.47 Å². The van der Waals surface area contributed by atoms with E-state index in [2.05, 4.69) is 11.3 Å². The normalized spacial score (nSPS) is 11.0. The lowest BCUT2D eigenvalue weighted by Crippen LogP contribution is -2.23. The zero-order valence-electron chi connectivity index (χ0n) is 13.1. The minimum atomic E-state index is -0.407. The summed E-state index contributed by atoms with van der Waals surface area (Å²) in [6.07, 6.45) is 1.73. The molecule has 0 saturated carbocycles. The number of rotatable bonds is 3.